The van der Waals surface area contributed by atoms with Crippen molar-refractivity contribution in [2.24, 2.45) is 0 Å². The Hall–Kier alpha value is -0.800. The Balaban J connectivity index is 4.32. The standard InChI is InChI=1S/C5H5F6O5P/c6-4(7,8)1-15-3(12)17(13,14)16-2-5(9,10)11/h1-2H2,(H,13,14). The van der Waals surface area contributed by atoms with Crippen LogP contribution in [0.3, 0.4) is 0 Å². The molecule has 0 aromatic carbocycles. The molecule has 17 heavy (non-hydrogen) atoms. The van der Waals surface area contributed by atoms with Crippen LogP contribution in [0.1, 0.15) is 0 Å². The number of carbonyl (C=O) groups is 1. The van der Waals surface area contributed by atoms with Crippen molar-refractivity contribution in [1.82, 2.24) is 0 Å². The van der Waals surface area contributed by atoms with Crippen molar-refractivity contribution in [1.29, 1.82) is 0 Å². The third-order valence-corrected chi connectivity index (χ3v) is 2.06. The fourth-order valence-electron chi connectivity index (χ4n) is 0.439. The summed E-state index contributed by atoms with van der Waals surface area (Å²) in [6.07, 6.45) is -9.98. The van der Waals surface area contributed by atoms with Crippen molar-refractivity contribution in [2.75, 3.05) is 13.2 Å². The summed E-state index contributed by atoms with van der Waals surface area (Å²) in [5, 5.41) is 0. The minimum atomic E-state index is -5.55. The van der Waals surface area contributed by atoms with E-state index in [1.54, 1.807) is 0 Å². The van der Waals surface area contributed by atoms with Crippen molar-refractivity contribution in [3.8, 4) is 0 Å². The third-order valence-electron chi connectivity index (χ3n) is 0.993. The van der Waals surface area contributed by atoms with Crippen molar-refractivity contribution < 1.29 is 49.9 Å². The number of hydrogen-bond acceptors (Lipinski definition) is 4. The molecular formula is C5H5F6O5P. The molecule has 0 fully saturated rings. The van der Waals surface area contributed by atoms with E-state index < -0.39 is 38.9 Å². The number of hydrogen-bond donors (Lipinski definition) is 1. The summed E-state index contributed by atoms with van der Waals surface area (Å²) < 4.78 is 86.3. The SMILES string of the molecule is O=C(OCC(F)(F)F)P(=O)(O)OCC(F)(F)F. The topological polar surface area (TPSA) is 72.8 Å². The van der Waals surface area contributed by atoms with Gasteiger partial charge in [-0.15, -0.1) is 0 Å². The Morgan fingerprint density at radius 3 is 1.82 bits per heavy atom. The summed E-state index contributed by atoms with van der Waals surface area (Å²) in [4.78, 5) is 19.0. The predicted octanol–water partition coefficient (Wildman–Crippen LogP) is 2.45. The lowest BCUT2D eigenvalue weighted by atomic mass is 10.7. The van der Waals surface area contributed by atoms with Crippen LogP contribution in [0.5, 0.6) is 0 Å². The van der Waals surface area contributed by atoms with Gasteiger partial charge < -0.3 is 9.63 Å². The molecule has 0 radical (unpaired) electrons. The van der Waals surface area contributed by atoms with Gasteiger partial charge in [0.25, 0.3) is 0 Å². The second-order valence-electron chi connectivity index (χ2n) is 2.58. The van der Waals surface area contributed by atoms with Crippen molar-refractivity contribution in [2.45, 2.75) is 12.4 Å². The quantitative estimate of drug-likeness (QED) is 0.636. The summed E-state index contributed by atoms with van der Waals surface area (Å²) in [6.45, 7) is -4.46. The first kappa shape index (κ1) is 16.2. The number of rotatable bonds is 4. The average Bonchev–Trinajstić information content (AvgIpc) is 2.09. The van der Waals surface area contributed by atoms with Crippen LogP contribution in [0.2, 0.25) is 0 Å². The predicted molar refractivity (Wildman–Crippen MR) is 39.2 cm³/mol. The number of halogens is 6. The highest BCUT2D eigenvalue weighted by molar-refractivity contribution is 7.70. The molecule has 0 heterocycles. The van der Waals surface area contributed by atoms with Crippen LogP contribution in [0.15, 0.2) is 0 Å². The molecule has 0 bridgehead atoms. The Morgan fingerprint density at radius 2 is 1.47 bits per heavy atom. The number of ether oxygens (including phenoxy) is 1. The first-order chi connectivity index (χ1) is 7.33. The van der Waals surface area contributed by atoms with Crippen LogP contribution >= 0.6 is 7.60 Å². The summed E-state index contributed by atoms with van der Waals surface area (Å²) in [6, 6.07) is 0. The van der Waals surface area contributed by atoms with Crippen molar-refractivity contribution in [3.05, 3.63) is 0 Å². The minimum Gasteiger partial charge on any atom is -0.447 e. The normalized spacial score (nSPS) is 16.4. The molecule has 12 heteroatoms. The fraction of sp³-hybridized carbons (Fsp3) is 0.800. The molecule has 0 spiro atoms. The largest absolute Gasteiger partial charge is 0.447 e. The Kier molecular flexibility index (Phi) is 4.99. The summed E-state index contributed by atoms with van der Waals surface area (Å²) in [5.74, 6) is 0. The van der Waals surface area contributed by atoms with Gasteiger partial charge in [-0.2, -0.15) is 26.3 Å². The van der Waals surface area contributed by atoms with Crippen LogP contribution in [-0.4, -0.2) is 36.2 Å². The summed E-state index contributed by atoms with van der Waals surface area (Å²) in [7, 11) is -5.55. The lowest BCUT2D eigenvalue weighted by molar-refractivity contribution is -0.160. The zero-order chi connectivity index (χ0) is 13.9. The van der Waals surface area contributed by atoms with Gasteiger partial charge in [0.05, 0.1) is 0 Å². The van der Waals surface area contributed by atoms with Gasteiger partial charge in [-0.1, -0.05) is 0 Å². The van der Waals surface area contributed by atoms with Gasteiger partial charge in [0.1, 0.15) is 0 Å². The highest BCUT2D eigenvalue weighted by Gasteiger charge is 2.41. The Labute approximate surface area is 89.8 Å². The molecule has 1 atom stereocenters. The van der Waals surface area contributed by atoms with Crippen molar-refractivity contribution >= 4 is 13.3 Å². The first-order valence-corrected chi connectivity index (χ1v) is 5.19. The highest BCUT2D eigenvalue weighted by Crippen LogP contribution is 2.45. The van der Waals surface area contributed by atoms with Gasteiger partial charge in [0.15, 0.2) is 13.2 Å². The first-order valence-electron chi connectivity index (χ1n) is 3.62. The van der Waals surface area contributed by atoms with E-state index in [1.807, 2.05) is 0 Å². The lowest BCUT2D eigenvalue weighted by Gasteiger charge is -2.13. The molecule has 1 unspecified atom stereocenters. The third kappa shape index (κ3) is 8.00. The molecule has 1 N–H and O–H groups in total. The zero-order valence-electron chi connectivity index (χ0n) is 7.71. The molecule has 0 aliphatic heterocycles. The van der Waals surface area contributed by atoms with E-state index in [4.69, 9.17) is 4.89 Å². The zero-order valence-corrected chi connectivity index (χ0v) is 8.60. The monoisotopic (exact) mass is 290 g/mol. The smallest absolute Gasteiger partial charge is 0.436 e. The van der Waals surface area contributed by atoms with E-state index in [1.165, 1.54) is 0 Å². The van der Waals surface area contributed by atoms with E-state index in [-0.39, 0.29) is 0 Å². The minimum absolute atomic E-state index is 2.20. The van der Waals surface area contributed by atoms with Crippen LogP contribution in [0, 0.1) is 0 Å². The maximum atomic E-state index is 11.5. The number of carbonyl (C=O) groups excluding carboxylic acids is 1. The van der Waals surface area contributed by atoms with Gasteiger partial charge in [0.2, 0.25) is 0 Å². The molecule has 5 nitrogen and oxygen atoms in total. The molecule has 0 aromatic rings. The second-order valence-corrected chi connectivity index (χ2v) is 4.24. The molecule has 0 amide bonds. The van der Waals surface area contributed by atoms with E-state index >= 15 is 0 Å². The van der Waals surface area contributed by atoms with Crippen LogP contribution in [0.4, 0.5) is 31.1 Å². The second kappa shape index (κ2) is 5.23. The molecule has 0 aliphatic rings. The maximum absolute atomic E-state index is 11.5. The maximum Gasteiger partial charge on any atom is 0.436 e. The molecule has 0 saturated heterocycles. The van der Waals surface area contributed by atoms with E-state index in [2.05, 4.69) is 9.26 Å². The Morgan fingerprint density at radius 1 is 1.06 bits per heavy atom. The van der Waals surface area contributed by atoms with Gasteiger partial charge in [-0.3, -0.25) is 4.52 Å². The van der Waals surface area contributed by atoms with Crippen LogP contribution in [0.25, 0.3) is 0 Å². The average molecular weight is 290 g/mol. The van der Waals surface area contributed by atoms with E-state index in [0.29, 0.717) is 0 Å². The van der Waals surface area contributed by atoms with Crippen LogP contribution in [-0.2, 0) is 13.8 Å². The van der Waals surface area contributed by atoms with Gasteiger partial charge in [0, 0.05) is 0 Å². The number of alkyl halides is 6. The van der Waals surface area contributed by atoms with E-state index in [9.17, 15) is 35.7 Å². The lowest BCUT2D eigenvalue weighted by Crippen LogP contribution is -2.22. The molecule has 102 valence electrons. The van der Waals surface area contributed by atoms with Gasteiger partial charge >= 0.3 is 25.7 Å². The Bertz CT molecular complexity index is 322. The van der Waals surface area contributed by atoms with Crippen LogP contribution < -0.4 is 0 Å². The van der Waals surface area contributed by atoms with Crippen molar-refractivity contribution in [3.63, 3.8) is 0 Å². The van der Waals surface area contributed by atoms with E-state index in [0.717, 1.165) is 0 Å². The molecule has 0 saturated carbocycles. The fourth-order valence-corrected chi connectivity index (χ4v) is 1.09. The van der Waals surface area contributed by atoms with Gasteiger partial charge in [-0.25, -0.2) is 9.36 Å². The summed E-state index contributed by atoms with van der Waals surface area (Å²) in [5.41, 5.74) is -2.40. The molecule has 0 aliphatic carbocycles. The molecular weight excluding hydrogens is 285 g/mol. The summed E-state index contributed by atoms with van der Waals surface area (Å²) >= 11 is 0. The molecule has 0 aromatic heterocycles. The highest BCUT2D eigenvalue weighted by atomic mass is 31.2. The molecule has 0 rings (SSSR count). The van der Waals surface area contributed by atoms with Gasteiger partial charge in [-0.05, 0) is 0 Å².